The zero-order valence-electron chi connectivity index (χ0n) is 9.37. The Hall–Kier alpha value is -1.47. The van der Waals surface area contributed by atoms with Crippen LogP contribution in [-0.4, -0.2) is 21.4 Å². The molecule has 2 heterocycles. The smallest absolute Gasteiger partial charge is 0.388 e. The van der Waals surface area contributed by atoms with Gasteiger partial charge in [-0.15, -0.1) is 0 Å². The van der Waals surface area contributed by atoms with Crippen molar-refractivity contribution in [2.24, 2.45) is 7.05 Å². The summed E-state index contributed by atoms with van der Waals surface area (Å²) in [5.41, 5.74) is -0.303. The lowest BCUT2D eigenvalue weighted by Gasteiger charge is -2.03. The summed E-state index contributed by atoms with van der Waals surface area (Å²) in [5, 5.41) is 3.65. The third kappa shape index (κ3) is 2.76. The Morgan fingerprint density at radius 2 is 2.00 bits per heavy atom. The van der Waals surface area contributed by atoms with Crippen LogP contribution in [0.25, 0.3) is 11.4 Å². The Balaban J connectivity index is 2.51. The summed E-state index contributed by atoms with van der Waals surface area (Å²) in [4.78, 5) is 3.73. The number of ether oxygens (including phenoxy) is 1. The van der Waals surface area contributed by atoms with Crippen molar-refractivity contribution in [3.8, 4) is 17.3 Å². The van der Waals surface area contributed by atoms with Gasteiger partial charge >= 0.3 is 6.61 Å². The minimum absolute atomic E-state index is 0.0948. The van der Waals surface area contributed by atoms with Crippen LogP contribution < -0.4 is 4.74 Å². The minimum atomic E-state index is -3.07. The molecule has 0 aliphatic rings. The van der Waals surface area contributed by atoms with Gasteiger partial charge in [0.05, 0.1) is 5.02 Å². The van der Waals surface area contributed by atoms with Crippen molar-refractivity contribution in [3.05, 3.63) is 28.1 Å². The van der Waals surface area contributed by atoms with Crippen LogP contribution >= 0.6 is 23.2 Å². The lowest BCUT2D eigenvalue weighted by molar-refractivity contribution is -0.0552. The van der Waals surface area contributed by atoms with Gasteiger partial charge in [-0.25, -0.2) is 14.1 Å². The second kappa shape index (κ2) is 5.26. The van der Waals surface area contributed by atoms with Crippen LogP contribution in [0.5, 0.6) is 5.88 Å². The predicted molar refractivity (Wildman–Crippen MR) is 63.0 cm³/mol. The maximum absolute atomic E-state index is 13.7. The van der Waals surface area contributed by atoms with Crippen molar-refractivity contribution in [3.63, 3.8) is 0 Å². The van der Waals surface area contributed by atoms with Crippen molar-refractivity contribution < 1.29 is 17.9 Å². The number of alkyl halides is 2. The van der Waals surface area contributed by atoms with E-state index in [0.717, 1.165) is 10.7 Å². The Morgan fingerprint density at radius 3 is 2.58 bits per heavy atom. The molecule has 0 N–H and O–H groups in total. The van der Waals surface area contributed by atoms with Crippen LogP contribution in [-0.2, 0) is 7.05 Å². The molecule has 0 amide bonds. The van der Waals surface area contributed by atoms with Gasteiger partial charge in [-0.1, -0.05) is 23.2 Å². The van der Waals surface area contributed by atoms with Gasteiger partial charge in [0.25, 0.3) is 0 Å². The average molecular weight is 312 g/mol. The fourth-order valence-electron chi connectivity index (χ4n) is 1.44. The van der Waals surface area contributed by atoms with Gasteiger partial charge in [0.15, 0.2) is 5.82 Å². The van der Waals surface area contributed by atoms with E-state index in [9.17, 15) is 13.2 Å². The van der Waals surface area contributed by atoms with Gasteiger partial charge < -0.3 is 4.74 Å². The fraction of sp³-hybridized carbons (Fsp3) is 0.200. The number of halogens is 5. The maximum Gasteiger partial charge on any atom is 0.388 e. The number of aromatic nitrogens is 3. The first-order chi connectivity index (χ1) is 8.90. The van der Waals surface area contributed by atoms with Gasteiger partial charge in [0.1, 0.15) is 16.4 Å². The third-order valence-corrected chi connectivity index (χ3v) is 2.72. The van der Waals surface area contributed by atoms with E-state index in [4.69, 9.17) is 23.2 Å². The number of hydrogen-bond donors (Lipinski definition) is 0. The zero-order valence-corrected chi connectivity index (χ0v) is 10.9. The molecule has 0 atom stereocenters. The highest BCUT2D eigenvalue weighted by Crippen LogP contribution is 2.35. The standard InChI is InChI=1S/C10H6Cl2F3N3O/c1-18-9(19-10(14)15)6(12)8(17-18)7-5(13)2-4(11)3-16-7/h2-3,10H,1H3. The van der Waals surface area contributed by atoms with E-state index >= 15 is 0 Å². The highest BCUT2D eigenvalue weighted by Gasteiger charge is 2.23. The van der Waals surface area contributed by atoms with Gasteiger partial charge in [0, 0.05) is 13.2 Å². The van der Waals surface area contributed by atoms with Gasteiger partial charge in [0.2, 0.25) is 5.88 Å². The molecular weight excluding hydrogens is 306 g/mol. The van der Waals surface area contributed by atoms with Crippen molar-refractivity contribution >= 4 is 23.2 Å². The van der Waals surface area contributed by atoms with Crippen LogP contribution in [0.15, 0.2) is 12.3 Å². The first-order valence-electron chi connectivity index (χ1n) is 4.89. The van der Waals surface area contributed by atoms with Crippen molar-refractivity contribution in [2.75, 3.05) is 0 Å². The van der Waals surface area contributed by atoms with E-state index in [2.05, 4.69) is 14.8 Å². The Kier molecular flexibility index (Phi) is 3.86. The van der Waals surface area contributed by atoms with E-state index in [1.54, 1.807) is 0 Å². The van der Waals surface area contributed by atoms with Crippen LogP contribution in [0, 0.1) is 5.82 Å². The van der Waals surface area contributed by atoms with E-state index in [1.165, 1.54) is 13.2 Å². The molecule has 9 heteroatoms. The summed E-state index contributed by atoms with van der Waals surface area (Å²) in [7, 11) is 1.33. The fourth-order valence-corrected chi connectivity index (χ4v) is 1.87. The molecule has 0 radical (unpaired) electrons. The summed E-state index contributed by atoms with van der Waals surface area (Å²) in [6, 6.07) is 1.02. The Labute approximate surface area is 115 Å². The topological polar surface area (TPSA) is 39.9 Å². The van der Waals surface area contributed by atoms with Crippen LogP contribution in [0.1, 0.15) is 0 Å². The molecule has 0 saturated carbocycles. The number of pyridine rings is 1. The first kappa shape index (κ1) is 14.0. The minimum Gasteiger partial charge on any atom is -0.416 e. The molecule has 0 unspecified atom stereocenters. The predicted octanol–water partition coefficient (Wildman–Crippen LogP) is 3.53. The van der Waals surface area contributed by atoms with Gasteiger partial charge in [-0.05, 0) is 6.07 Å². The maximum atomic E-state index is 13.7. The van der Waals surface area contributed by atoms with Crippen molar-refractivity contribution in [1.29, 1.82) is 0 Å². The second-order valence-corrected chi connectivity index (χ2v) is 4.27. The zero-order chi connectivity index (χ0) is 14.2. The normalized spacial score (nSPS) is 11.1. The molecule has 19 heavy (non-hydrogen) atoms. The second-order valence-electron chi connectivity index (χ2n) is 3.45. The molecule has 2 rings (SSSR count). The van der Waals surface area contributed by atoms with Crippen LogP contribution in [0.2, 0.25) is 10.0 Å². The quantitative estimate of drug-likeness (QED) is 0.870. The SMILES string of the molecule is Cn1nc(-c2ncc(Cl)cc2F)c(Cl)c1OC(F)F. The van der Waals surface area contributed by atoms with E-state index in [0.29, 0.717) is 0 Å². The molecule has 0 saturated heterocycles. The lowest BCUT2D eigenvalue weighted by atomic mass is 10.2. The summed E-state index contributed by atoms with van der Waals surface area (Å²) in [6.45, 7) is -3.07. The summed E-state index contributed by atoms with van der Waals surface area (Å²) in [6.07, 6.45) is 1.19. The molecule has 0 aromatic carbocycles. The molecular formula is C10H6Cl2F3N3O. The molecule has 0 spiro atoms. The van der Waals surface area contributed by atoms with Crippen molar-refractivity contribution in [1.82, 2.24) is 14.8 Å². The highest BCUT2D eigenvalue weighted by molar-refractivity contribution is 6.34. The molecule has 0 aliphatic heterocycles. The van der Waals surface area contributed by atoms with Gasteiger partial charge in [-0.3, -0.25) is 0 Å². The summed E-state index contributed by atoms with van der Waals surface area (Å²) >= 11 is 11.4. The molecule has 0 bridgehead atoms. The molecule has 0 aliphatic carbocycles. The Bertz CT molecular complexity index is 618. The van der Waals surface area contributed by atoms with Crippen LogP contribution in [0.4, 0.5) is 13.2 Å². The largest absolute Gasteiger partial charge is 0.416 e. The molecule has 0 fully saturated rings. The van der Waals surface area contributed by atoms with Crippen LogP contribution in [0.3, 0.4) is 0 Å². The molecule has 4 nitrogen and oxygen atoms in total. The number of rotatable bonds is 3. The van der Waals surface area contributed by atoms with E-state index in [-0.39, 0.29) is 27.3 Å². The molecule has 2 aromatic rings. The highest BCUT2D eigenvalue weighted by atomic mass is 35.5. The number of aryl methyl sites for hydroxylation is 1. The number of hydrogen-bond acceptors (Lipinski definition) is 3. The molecule has 102 valence electrons. The number of nitrogens with zero attached hydrogens (tertiary/aromatic N) is 3. The molecule has 2 aromatic heterocycles. The van der Waals surface area contributed by atoms with E-state index in [1.807, 2.05) is 0 Å². The summed E-state index contributed by atoms with van der Waals surface area (Å²) in [5.74, 6) is -1.14. The average Bonchev–Trinajstić information content (AvgIpc) is 2.57. The van der Waals surface area contributed by atoms with E-state index < -0.39 is 12.4 Å². The van der Waals surface area contributed by atoms with Crippen molar-refractivity contribution in [2.45, 2.75) is 6.61 Å². The van der Waals surface area contributed by atoms with Gasteiger partial charge in [-0.2, -0.15) is 13.9 Å². The first-order valence-corrected chi connectivity index (χ1v) is 5.64. The monoisotopic (exact) mass is 311 g/mol. The lowest BCUT2D eigenvalue weighted by Crippen LogP contribution is -2.06. The third-order valence-electron chi connectivity index (χ3n) is 2.17. The summed E-state index contributed by atoms with van der Waals surface area (Å²) < 4.78 is 43.2. The Morgan fingerprint density at radius 1 is 1.32 bits per heavy atom.